The van der Waals surface area contributed by atoms with Crippen molar-refractivity contribution in [1.82, 2.24) is 20.1 Å². The van der Waals surface area contributed by atoms with Crippen LogP contribution in [0, 0.1) is 5.92 Å². The molecule has 0 aromatic carbocycles. The van der Waals surface area contributed by atoms with Crippen molar-refractivity contribution in [2.24, 2.45) is 5.92 Å². The van der Waals surface area contributed by atoms with Gasteiger partial charge in [0.2, 0.25) is 0 Å². The Hall–Kier alpha value is -1.43. The Bertz CT molecular complexity index is 502. The Morgan fingerprint density at radius 3 is 2.95 bits per heavy atom. The predicted molar refractivity (Wildman–Crippen MR) is 77.5 cm³/mol. The number of rotatable bonds is 4. The number of likely N-dealkylation sites (tertiary alicyclic amines) is 1. The van der Waals surface area contributed by atoms with Crippen LogP contribution in [0.15, 0.2) is 0 Å². The molecule has 0 amide bonds. The minimum atomic E-state index is -0.127. The number of nitrogens with zero attached hydrogens (tertiary/aromatic N) is 3. The first-order valence-electron chi connectivity index (χ1n) is 7.96. The van der Waals surface area contributed by atoms with Crippen molar-refractivity contribution >= 4 is 5.97 Å². The van der Waals surface area contributed by atoms with E-state index >= 15 is 0 Å². The number of aryl methyl sites for hydroxylation is 1. The van der Waals surface area contributed by atoms with E-state index in [0.29, 0.717) is 18.5 Å². The van der Waals surface area contributed by atoms with Gasteiger partial charge in [-0.2, -0.15) is 5.10 Å². The van der Waals surface area contributed by atoms with Gasteiger partial charge in [-0.25, -0.2) is 4.98 Å². The quantitative estimate of drug-likeness (QED) is 0.855. The van der Waals surface area contributed by atoms with Crippen LogP contribution in [-0.2, 0) is 22.5 Å². The number of H-pyrrole nitrogens is 1. The lowest BCUT2D eigenvalue weighted by molar-refractivity contribution is -0.146. The average molecular weight is 292 g/mol. The third-order valence-corrected chi connectivity index (χ3v) is 4.92. The molecule has 1 N–H and O–H groups in total. The molecule has 1 aromatic heterocycles. The first-order chi connectivity index (χ1) is 10.2. The Kier molecular flexibility index (Phi) is 4.24. The molecular weight excluding hydrogens is 268 g/mol. The summed E-state index contributed by atoms with van der Waals surface area (Å²) in [6, 6.07) is 0.358. The normalized spacial score (nSPS) is 29.3. The molecular formula is C15H24N4O2. The third kappa shape index (κ3) is 2.81. The van der Waals surface area contributed by atoms with Gasteiger partial charge in [0, 0.05) is 12.5 Å². The standard InChI is InChI=1S/C15H24N4O2/c1-3-13-16-14(18-17-13)9-19-11-7-5-4-6-10(11)8-12(19)15(20)21-2/h10-12H,3-9H2,1-2H3,(H,16,17,18). The predicted octanol–water partition coefficient (Wildman–Crippen LogP) is 1.67. The molecule has 2 heterocycles. The number of aromatic amines is 1. The first-order valence-corrected chi connectivity index (χ1v) is 7.96. The summed E-state index contributed by atoms with van der Waals surface area (Å²) in [6.45, 7) is 2.70. The SMILES string of the molecule is CCc1n[nH]c(CN2C(C(=O)OC)CC3CCCCC32)n1. The molecule has 3 rings (SSSR count). The maximum atomic E-state index is 12.1. The minimum Gasteiger partial charge on any atom is -0.468 e. The van der Waals surface area contributed by atoms with Crippen LogP contribution in [0.1, 0.15) is 50.7 Å². The fourth-order valence-corrected chi connectivity index (χ4v) is 3.88. The second-order valence-corrected chi connectivity index (χ2v) is 6.11. The summed E-state index contributed by atoms with van der Waals surface area (Å²) in [7, 11) is 1.48. The minimum absolute atomic E-state index is 0.111. The van der Waals surface area contributed by atoms with Gasteiger partial charge in [-0.1, -0.05) is 19.8 Å². The van der Waals surface area contributed by atoms with E-state index in [2.05, 4.69) is 20.1 Å². The van der Waals surface area contributed by atoms with Crippen LogP contribution < -0.4 is 0 Å². The highest BCUT2D eigenvalue weighted by Gasteiger charge is 2.45. The number of fused-ring (bicyclic) bond motifs is 1. The maximum absolute atomic E-state index is 12.1. The first kappa shape index (κ1) is 14.5. The number of carbonyl (C=O) groups is 1. The molecule has 1 aliphatic carbocycles. The number of esters is 1. The lowest BCUT2D eigenvalue weighted by atomic mass is 9.85. The molecule has 1 aromatic rings. The molecule has 2 fully saturated rings. The third-order valence-electron chi connectivity index (χ3n) is 4.92. The van der Waals surface area contributed by atoms with Crippen LogP contribution in [-0.4, -0.2) is 45.2 Å². The van der Waals surface area contributed by atoms with E-state index in [0.717, 1.165) is 24.5 Å². The fourth-order valence-electron chi connectivity index (χ4n) is 3.88. The summed E-state index contributed by atoms with van der Waals surface area (Å²) in [4.78, 5) is 18.9. The molecule has 6 nitrogen and oxygen atoms in total. The van der Waals surface area contributed by atoms with Crippen molar-refractivity contribution in [2.45, 2.75) is 64.1 Å². The lowest BCUT2D eigenvalue weighted by Gasteiger charge is -2.32. The number of nitrogens with one attached hydrogen (secondary N) is 1. The van der Waals surface area contributed by atoms with Crippen LogP contribution in [0.3, 0.4) is 0 Å². The number of carbonyl (C=O) groups excluding carboxylic acids is 1. The van der Waals surface area contributed by atoms with Gasteiger partial charge in [0.15, 0.2) is 0 Å². The van der Waals surface area contributed by atoms with Crippen LogP contribution in [0.2, 0.25) is 0 Å². The molecule has 0 bridgehead atoms. The fraction of sp³-hybridized carbons (Fsp3) is 0.800. The highest BCUT2D eigenvalue weighted by molar-refractivity contribution is 5.76. The molecule has 3 atom stereocenters. The summed E-state index contributed by atoms with van der Waals surface area (Å²) in [5.74, 6) is 2.20. The molecule has 2 aliphatic rings. The van der Waals surface area contributed by atoms with E-state index in [-0.39, 0.29) is 12.0 Å². The summed E-state index contributed by atoms with van der Waals surface area (Å²) in [6.07, 6.45) is 6.68. The smallest absolute Gasteiger partial charge is 0.323 e. The number of ether oxygens (including phenoxy) is 1. The molecule has 1 saturated heterocycles. The molecule has 116 valence electrons. The van der Waals surface area contributed by atoms with Crippen molar-refractivity contribution in [3.05, 3.63) is 11.6 Å². The van der Waals surface area contributed by atoms with Gasteiger partial charge in [0.1, 0.15) is 17.7 Å². The topological polar surface area (TPSA) is 71.1 Å². The number of aromatic nitrogens is 3. The van der Waals surface area contributed by atoms with Crippen molar-refractivity contribution in [3.8, 4) is 0 Å². The molecule has 1 aliphatic heterocycles. The second kappa shape index (κ2) is 6.13. The Morgan fingerprint density at radius 1 is 1.43 bits per heavy atom. The zero-order valence-electron chi connectivity index (χ0n) is 12.8. The maximum Gasteiger partial charge on any atom is 0.323 e. The molecule has 21 heavy (non-hydrogen) atoms. The van der Waals surface area contributed by atoms with Gasteiger partial charge in [0.05, 0.1) is 13.7 Å². The van der Waals surface area contributed by atoms with Crippen LogP contribution in [0.5, 0.6) is 0 Å². The van der Waals surface area contributed by atoms with Gasteiger partial charge in [-0.15, -0.1) is 0 Å². The van der Waals surface area contributed by atoms with E-state index in [4.69, 9.17) is 4.74 Å². The molecule has 1 saturated carbocycles. The summed E-state index contributed by atoms with van der Waals surface area (Å²) >= 11 is 0. The lowest BCUT2D eigenvalue weighted by Crippen LogP contribution is -2.42. The van der Waals surface area contributed by atoms with Gasteiger partial charge >= 0.3 is 5.97 Å². The Morgan fingerprint density at radius 2 is 2.24 bits per heavy atom. The largest absolute Gasteiger partial charge is 0.468 e. The molecule has 0 spiro atoms. The number of hydrogen-bond donors (Lipinski definition) is 1. The zero-order valence-corrected chi connectivity index (χ0v) is 12.8. The Balaban J connectivity index is 1.78. The van der Waals surface area contributed by atoms with E-state index in [9.17, 15) is 4.79 Å². The molecule has 0 radical (unpaired) electrons. The van der Waals surface area contributed by atoms with E-state index in [1.165, 1.54) is 32.8 Å². The Labute approximate surface area is 125 Å². The monoisotopic (exact) mass is 292 g/mol. The number of methoxy groups -OCH3 is 1. The van der Waals surface area contributed by atoms with Gasteiger partial charge in [0.25, 0.3) is 0 Å². The van der Waals surface area contributed by atoms with E-state index in [1.54, 1.807) is 0 Å². The van der Waals surface area contributed by atoms with Gasteiger partial charge < -0.3 is 4.74 Å². The van der Waals surface area contributed by atoms with E-state index in [1.807, 2.05) is 6.92 Å². The zero-order chi connectivity index (χ0) is 14.8. The summed E-state index contributed by atoms with van der Waals surface area (Å²) < 4.78 is 5.01. The van der Waals surface area contributed by atoms with Crippen LogP contribution >= 0.6 is 0 Å². The van der Waals surface area contributed by atoms with Crippen molar-refractivity contribution < 1.29 is 9.53 Å². The second-order valence-electron chi connectivity index (χ2n) is 6.11. The number of hydrogen-bond acceptors (Lipinski definition) is 5. The van der Waals surface area contributed by atoms with Crippen LogP contribution in [0.4, 0.5) is 0 Å². The summed E-state index contributed by atoms with van der Waals surface area (Å²) in [5, 5.41) is 7.19. The highest BCUT2D eigenvalue weighted by atomic mass is 16.5. The molecule has 6 heteroatoms. The summed E-state index contributed by atoms with van der Waals surface area (Å²) in [5.41, 5.74) is 0. The average Bonchev–Trinajstić information content (AvgIpc) is 3.12. The molecule has 3 unspecified atom stereocenters. The van der Waals surface area contributed by atoms with Crippen molar-refractivity contribution in [3.63, 3.8) is 0 Å². The van der Waals surface area contributed by atoms with E-state index < -0.39 is 0 Å². The highest BCUT2D eigenvalue weighted by Crippen LogP contribution is 2.40. The van der Waals surface area contributed by atoms with Gasteiger partial charge in [-0.3, -0.25) is 14.8 Å². The van der Waals surface area contributed by atoms with Crippen molar-refractivity contribution in [2.75, 3.05) is 7.11 Å². The van der Waals surface area contributed by atoms with Crippen molar-refractivity contribution in [1.29, 1.82) is 0 Å². The van der Waals surface area contributed by atoms with Crippen LogP contribution in [0.25, 0.3) is 0 Å². The van der Waals surface area contributed by atoms with Gasteiger partial charge in [-0.05, 0) is 25.2 Å².